The van der Waals surface area contributed by atoms with Gasteiger partial charge in [-0.15, -0.1) is 0 Å². The van der Waals surface area contributed by atoms with Crippen molar-refractivity contribution in [2.75, 3.05) is 19.8 Å². The van der Waals surface area contributed by atoms with Gasteiger partial charge in [0.2, 0.25) is 0 Å². The van der Waals surface area contributed by atoms with E-state index in [1.54, 1.807) is 13.8 Å². The number of hydrogen-bond donors (Lipinski definition) is 2. The highest BCUT2D eigenvalue weighted by Crippen LogP contribution is 2.34. The van der Waals surface area contributed by atoms with E-state index in [1.807, 2.05) is 20.8 Å². The predicted molar refractivity (Wildman–Crippen MR) is 113 cm³/mol. The molecule has 4 atom stereocenters. The maximum absolute atomic E-state index is 9.80. The van der Waals surface area contributed by atoms with Crippen LogP contribution in [0.4, 0.5) is 0 Å². The third kappa shape index (κ3) is 10.8. The van der Waals surface area contributed by atoms with E-state index in [0.717, 1.165) is 6.42 Å². The zero-order valence-corrected chi connectivity index (χ0v) is 19.6. The van der Waals surface area contributed by atoms with Crippen molar-refractivity contribution in [1.29, 1.82) is 0 Å². The molecular weight excluding hydrogens is 342 g/mol. The van der Waals surface area contributed by atoms with E-state index in [1.165, 1.54) is 0 Å². The third-order valence-electron chi connectivity index (χ3n) is 5.90. The Labute approximate surface area is 168 Å². The Morgan fingerprint density at radius 2 is 1.37 bits per heavy atom. The Kier molecular flexibility index (Phi) is 11.0. The minimum Gasteiger partial charge on any atom is -0.390 e. The van der Waals surface area contributed by atoms with Crippen LogP contribution in [0.25, 0.3) is 0 Å². The van der Waals surface area contributed by atoms with Gasteiger partial charge in [-0.25, -0.2) is 0 Å². The lowest BCUT2D eigenvalue weighted by atomic mass is 9.79. The number of rotatable bonds is 14. The highest BCUT2D eigenvalue weighted by atomic mass is 16.5. The molecule has 0 rings (SSSR count). The zero-order valence-electron chi connectivity index (χ0n) is 19.6. The van der Waals surface area contributed by atoms with E-state index in [-0.39, 0.29) is 17.6 Å². The molecule has 0 heterocycles. The molecule has 0 bridgehead atoms. The quantitative estimate of drug-likeness (QED) is 0.432. The van der Waals surface area contributed by atoms with E-state index in [2.05, 4.69) is 34.6 Å². The Morgan fingerprint density at radius 1 is 0.852 bits per heavy atom. The average Bonchev–Trinajstić information content (AvgIpc) is 2.49. The van der Waals surface area contributed by atoms with Crippen molar-refractivity contribution in [2.45, 2.75) is 106 Å². The first-order chi connectivity index (χ1) is 12.1. The number of ether oxygens (including phenoxy) is 3. The van der Waals surface area contributed by atoms with Gasteiger partial charge < -0.3 is 25.1 Å². The first kappa shape index (κ1) is 26.8. The largest absolute Gasteiger partial charge is 0.390 e. The maximum atomic E-state index is 9.80. The summed E-state index contributed by atoms with van der Waals surface area (Å²) in [5.74, 6) is 0.641. The van der Waals surface area contributed by atoms with Gasteiger partial charge in [-0.05, 0) is 66.2 Å². The Hall–Kier alpha value is -0.200. The fourth-order valence-corrected chi connectivity index (χ4v) is 2.56. The van der Waals surface area contributed by atoms with Crippen LogP contribution in [0.15, 0.2) is 0 Å². The molecule has 4 unspecified atom stereocenters. The molecule has 0 saturated heterocycles. The SMILES string of the molecule is CC(C)OCCC(C)(C)C(C)(N)OCC(C)C(C)C(C)OCCC(C)(C)O. The average molecular weight is 390 g/mol. The molecule has 0 spiro atoms. The van der Waals surface area contributed by atoms with Gasteiger partial charge in [0.25, 0.3) is 0 Å². The van der Waals surface area contributed by atoms with Gasteiger partial charge in [0.1, 0.15) is 5.72 Å². The van der Waals surface area contributed by atoms with Gasteiger partial charge in [-0.1, -0.05) is 27.7 Å². The molecule has 27 heavy (non-hydrogen) atoms. The second kappa shape index (κ2) is 11.1. The van der Waals surface area contributed by atoms with Crippen LogP contribution in [0.3, 0.4) is 0 Å². The van der Waals surface area contributed by atoms with Gasteiger partial charge in [0.05, 0.1) is 24.4 Å². The summed E-state index contributed by atoms with van der Waals surface area (Å²) in [6, 6.07) is 0. The molecule has 0 aromatic heterocycles. The maximum Gasteiger partial charge on any atom is 0.119 e. The van der Waals surface area contributed by atoms with Crippen molar-refractivity contribution >= 4 is 0 Å². The summed E-state index contributed by atoms with van der Waals surface area (Å²) in [4.78, 5) is 0. The van der Waals surface area contributed by atoms with E-state index in [9.17, 15) is 5.11 Å². The molecule has 0 aromatic rings. The van der Waals surface area contributed by atoms with Crippen molar-refractivity contribution in [2.24, 2.45) is 23.0 Å². The lowest BCUT2D eigenvalue weighted by Crippen LogP contribution is -2.53. The summed E-state index contributed by atoms with van der Waals surface area (Å²) >= 11 is 0. The van der Waals surface area contributed by atoms with Crippen LogP contribution < -0.4 is 5.73 Å². The highest BCUT2D eigenvalue weighted by molar-refractivity contribution is 4.87. The first-order valence-corrected chi connectivity index (χ1v) is 10.5. The van der Waals surface area contributed by atoms with Gasteiger partial charge >= 0.3 is 0 Å². The van der Waals surface area contributed by atoms with Gasteiger partial charge in [-0.3, -0.25) is 0 Å². The summed E-state index contributed by atoms with van der Waals surface area (Å²) in [5.41, 5.74) is 4.91. The second-order valence-electron chi connectivity index (χ2n) is 9.95. The van der Waals surface area contributed by atoms with Gasteiger partial charge in [-0.2, -0.15) is 0 Å². The molecule has 0 aromatic carbocycles. The van der Waals surface area contributed by atoms with Crippen molar-refractivity contribution in [1.82, 2.24) is 0 Å². The lowest BCUT2D eigenvalue weighted by Gasteiger charge is -2.42. The fourth-order valence-electron chi connectivity index (χ4n) is 2.56. The molecule has 5 heteroatoms. The van der Waals surface area contributed by atoms with Crippen LogP contribution >= 0.6 is 0 Å². The van der Waals surface area contributed by atoms with Crippen LogP contribution in [0.5, 0.6) is 0 Å². The van der Waals surface area contributed by atoms with Crippen molar-refractivity contribution in [3.8, 4) is 0 Å². The Bertz CT molecular complexity index is 402. The highest BCUT2D eigenvalue weighted by Gasteiger charge is 2.39. The molecule has 0 aliphatic rings. The molecule has 3 N–H and O–H groups in total. The third-order valence-corrected chi connectivity index (χ3v) is 5.90. The molecule has 0 amide bonds. The predicted octanol–water partition coefficient (Wildman–Crippen LogP) is 4.36. The molecule has 0 radical (unpaired) electrons. The zero-order chi connectivity index (χ0) is 21.5. The van der Waals surface area contributed by atoms with Crippen LogP contribution in [-0.2, 0) is 14.2 Å². The number of nitrogens with two attached hydrogens (primary N) is 1. The van der Waals surface area contributed by atoms with Crippen LogP contribution in [-0.4, -0.2) is 48.5 Å². The van der Waals surface area contributed by atoms with Crippen molar-refractivity contribution < 1.29 is 19.3 Å². The van der Waals surface area contributed by atoms with E-state index >= 15 is 0 Å². The van der Waals surface area contributed by atoms with Crippen molar-refractivity contribution in [3.63, 3.8) is 0 Å². The second-order valence-corrected chi connectivity index (χ2v) is 9.95. The minimum atomic E-state index is -0.730. The topological polar surface area (TPSA) is 73.9 Å². The fraction of sp³-hybridized carbons (Fsp3) is 1.00. The van der Waals surface area contributed by atoms with Crippen LogP contribution in [0.1, 0.15) is 82.1 Å². The molecule has 0 aliphatic carbocycles. The Morgan fingerprint density at radius 3 is 1.85 bits per heavy atom. The van der Waals surface area contributed by atoms with Gasteiger partial charge in [0, 0.05) is 18.6 Å². The first-order valence-electron chi connectivity index (χ1n) is 10.5. The van der Waals surface area contributed by atoms with Crippen LogP contribution in [0, 0.1) is 17.3 Å². The monoisotopic (exact) mass is 389 g/mol. The minimum absolute atomic E-state index is 0.0995. The van der Waals surface area contributed by atoms with E-state index in [0.29, 0.717) is 38.1 Å². The van der Waals surface area contributed by atoms with Gasteiger partial charge in [0.15, 0.2) is 0 Å². The Balaban J connectivity index is 4.47. The van der Waals surface area contributed by atoms with Crippen LogP contribution in [0.2, 0.25) is 0 Å². The number of hydrogen-bond acceptors (Lipinski definition) is 5. The lowest BCUT2D eigenvalue weighted by molar-refractivity contribution is -0.134. The molecule has 164 valence electrons. The number of aliphatic hydroxyl groups is 1. The molecule has 5 nitrogen and oxygen atoms in total. The summed E-state index contributed by atoms with van der Waals surface area (Å²) < 4.78 is 17.8. The normalized spacial score (nSPS) is 19.0. The summed E-state index contributed by atoms with van der Waals surface area (Å²) in [6.45, 7) is 22.2. The summed E-state index contributed by atoms with van der Waals surface area (Å²) in [6.07, 6.45) is 1.80. The van der Waals surface area contributed by atoms with E-state index < -0.39 is 11.3 Å². The molecule has 0 aliphatic heterocycles. The molecular formula is C22H47NO4. The van der Waals surface area contributed by atoms with Crippen molar-refractivity contribution in [3.05, 3.63) is 0 Å². The van der Waals surface area contributed by atoms with E-state index in [4.69, 9.17) is 19.9 Å². The molecule has 0 saturated carbocycles. The standard InChI is InChI=1S/C22H47NO4/c1-16(2)25-13-11-20(6,7)22(10,23)27-15-17(3)18(4)19(5)26-14-12-21(8,9)24/h16-19,24H,11-15,23H2,1-10H3. The molecule has 0 fully saturated rings. The smallest absolute Gasteiger partial charge is 0.119 e. The summed E-state index contributed by atoms with van der Waals surface area (Å²) in [5, 5.41) is 9.80. The summed E-state index contributed by atoms with van der Waals surface area (Å²) in [7, 11) is 0.